The molecule has 9 aromatic rings. The highest BCUT2D eigenvalue weighted by Crippen LogP contribution is 2.50. The molecule has 0 amide bonds. The Morgan fingerprint density at radius 2 is 1.12 bits per heavy atom. The Bertz CT molecular complexity index is 2770. The smallest absolute Gasteiger partial charge is 0.136 e. The zero-order valence-electron chi connectivity index (χ0n) is 26.7. The minimum absolute atomic E-state index is 0.0665. The van der Waals surface area contributed by atoms with Crippen molar-refractivity contribution >= 4 is 43.7 Å². The van der Waals surface area contributed by atoms with Crippen molar-refractivity contribution in [2.24, 2.45) is 0 Å². The predicted octanol–water partition coefficient (Wildman–Crippen LogP) is 12.0. The second-order valence-corrected chi connectivity index (χ2v) is 13.4. The van der Waals surface area contributed by atoms with Crippen molar-refractivity contribution < 1.29 is 4.42 Å². The summed E-state index contributed by atoms with van der Waals surface area (Å²) in [5.41, 5.74) is 14.9. The monoisotopic (exact) mass is 614 g/mol. The van der Waals surface area contributed by atoms with E-state index >= 15 is 0 Å². The third-order valence-corrected chi connectivity index (χ3v) is 10.3. The molecule has 226 valence electrons. The maximum Gasteiger partial charge on any atom is 0.136 e. The SMILES string of the molecule is CC1(C)c2ccccc2-c2cc3cccc(-c4cccc(-c5nc6ccccc6nc5-c5cccc6oc7ccccc7c56)c4)c3cc21. The minimum atomic E-state index is -0.0665. The molecular weight excluding hydrogens is 585 g/mol. The molecule has 2 heterocycles. The molecule has 0 saturated carbocycles. The van der Waals surface area contributed by atoms with E-state index in [0.717, 1.165) is 61.1 Å². The van der Waals surface area contributed by atoms with Crippen LogP contribution in [0.15, 0.2) is 150 Å². The Hall–Kier alpha value is -6.06. The summed E-state index contributed by atoms with van der Waals surface area (Å²) < 4.78 is 6.28. The second kappa shape index (κ2) is 9.97. The molecule has 0 saturated heterocycles. The van der Waals surface area contributed by atoms with Crippen LogP contribution in [0.2, 0.25) is 0 Å². The van der Waals surface area contributed by atoms with E-state index in [-0.39, 0.29) is 5.41 Å². The third kappa shape index (κ3) is 3.88. The Morgan fingerprint density at radius 3 is 2.02 bits per heavy atom. The third-order valence-electron chi connectivity index (χ3n) is 10.3. The number of benzene rings is 7. The van der Waals surface area contributed by atoms with Crippen LogP contribution in [0.4, 0.5) is 0 Å². The van der Waals surface area contributed by atoms with E-state index in [4.69, 9.17) is 14.4 Å². The summed E-state index contributed by atoms with van der Waals surface area (Å²) in [6.07, 6.45) is 0. The number of rotatable bonds is 3. The fourth-order valence-electron chi connectivity index (χ4n) is 7.92. The van der Waals surface area contributed by atoms with Crippen LogP contribution in [-0.4, -0.2) is 9.97 Å². The van der Waals surface area contributed by atoms with Gasteiger partial charge in [-0.3, -0.25) is 0 Å². The zero-order chi connectivity index (χ0) is 32.0. The first kappa shape index (κ1) is 27.1. The average molecular weight is 615 g/mol. The lowest BCUT2D eigenvalue weighted by molar-refractivity contribution is 0.661. The van der Waals surface area contributed by atoms with E-state index < -0.39 is 0 Å². The van der Waals surface area contributed by atoms with Crippen molar-refractivity contribution in [2.45, 2.75) is 19.3 Å². The van der Waals surface area contributed by atoms with Gasteiger partial charge in [-0.15, -0.1) is 0 Å². The molecule has 3 heteroatoms. The highest BCUT2D eigenvalue weighted by Gasteiger charge is 2.35. The van der Waals surface area contributed by atoms with Gasteiger partial charge in [-0.05, 0) is 86.6 Å². The van der Waals surface area contributed by atoms with Gasteiger partial charge in [-0.25, -0.2) is 9.97 Å². The maximum atomic E-state index is 6.28. The van der Waals surface area contributed by atoms with Crippen molar-refractivity contribution in [3.8, 4) is 44.8 Å². The fraction of sp³-hybridized carbons (Fsp3) is 0.0667. The molecule has 0 fully saturated rings. The van der Waals surface area contributed by atoms with Gasteiger partial charge in [0, 0.05) is 27.3 Å². The summed E-state index contributed by atoms with van der Waals surface area (Å²) in [5.74, 6) is 0. The van der Waals surface area contributed by atoms with E-state index in [1.165, 1.54) is 38.6 Å². The van der Waals surface area contributed by atoms with Crippen LogP contribution in [-0.2, 0) is 5.41 Å². The molecule has 7 aromatic carbocycles. The van der Waals surface area contributed by atoms with Crippen molar-refractivity contribution in [1.82, 2.24) is 9.97 Å². The van der Waals surface area contributed by atoms with Crippen LogP contribution in [0.1, 0.15) is 25.0 Å². The largest absolute Gasteiger partial charge is 0.456 e. The molecule has 0 unspecified atom stereocenters. The number of hydrogen-bond donors (Lipinski definition) is 0. The highest BCUT2D eigenvalue weighted by molar-refractivity contribution is 6.13. The Morgan fingerprint density at radius 1 is 0.458 bits per heavy atom. The van der Waals surface area contributed by atoms with Gasteiger partial charge in [0.25, 0.3) is 0 Å². The van der Waals surface area contributed by atoms with Crippen molar-refractivity contribution in [1.29, 1.82) is 0 Å². The Labute approximate surface area is 278 Å². The first-order valence-electron chi connectivity index (χ1n) is 16.5. The molecule has 0 N–H and O–H groups in total. The number of furan rings is 1. The molecular formula is C45H30N2O. The summed E-state index contributed by atoms with van der Waals surface area (Å²) in [4.78, 5) is 10.6. The number of fused-ring (bicyclic) bond motifs is 8. The number of aromatic nitrogens is 2. The minimum Gasteiger partial charge on any atom is -0.456 e. The maximum absolute atomic E-state index is 6.28. The van der Waals surface area contributed by atoms with E-state index in [1.807, 2.05) is 48.5 Å². The predicted molar refractivity (Wildman–Crippen MR) is 198 cm³/mol. The molecule has 0 aliphatic heterocycles. The molecule has 0 spiro atoms. The molecule has 0 bridgehead atoms. The first-order chi connectivity index (χ1) is 23.5. The van der Waals surface area contributed by atoms with Gasteiger partial charge in [-0.2, -0.15) is 0 Å². The summed E-state index contributed by atoms with van der Waals surface area (Å²) in [6, 6.07) is 51.7. The van der Waals surface area contributed by atoms with Crippen molar-refractivity contribution in [3.63, 3.8) is 0 Å². The van der Waals surface area contributed by atoms with Gasteiger partial charge in [-0.1, -0.05) is 117 Å². The van der Waals surface area contributed by atoms with Crippen molar-refractivity contribution in [3.05, 3.63) is 157 Å². The van der Waals surface area contributed by atoms with E-state index in [2.05, 4.69) is 111 Å². The van der Waals surface area contributed by atoms with Gasteiger partial charge >= 0.3 is 0 Å². The molecule has 10 rings (SSSR count). The summed E-state index contributed by atoms with van der Waals surface area (Å²) in [7, 11) is 0. The van der Waals surface area contributed by atoms with Crippen LogP contribution >= 0.6 is 0 Å². The molecule has 1 aliphatic carbocycles. The van der Waals surface area contributed by atoms with E-state index in [1.54, 1.807) is 0 Å². The van der Waals surface area contributed by atoms with Crippen LogP contribution in [0.5, 0.6) is 0 Å². The number of nitrogens with zero attached hydrogens (tertiary/aromatic N) is 2. The van der Waals surface area contributed by atoms with Crippen molar-refractivity contribution in [2.75, 3.05) is 0 Å². The van der Waals surface area contributed by atoms with Crippen LogP contribution in [0.25, 0.3) is 88.5 Å². The summed E-state index contributed by atoms with van der Waals surface area (Å²) in [5, 5.41) is 4.63. The molecule has 1 aliphatic rings. The van der Waals surface area contributed by atoms with Gasteiger partial charge in [0.1, 0.15) is 11.2 Å². The summed E-state index contributed by atoms with van der Waals surface area (Å²) in [6.45, 7) is 4.69. The van der Waals surface area contributed by atoms with Gasteiger partial charge in [0.2, 0.25) is 0 Å². The van der Waals surface area contributed by atoms with Crippen LogP contribution in [0, 0.1) is 0 Å². The molecule has 0 radical (unpaired) electrons. The number of para-hydroxylation sites is 3. The van der Waals surface area contributed by atoms with E-state index in [0.29, 0.717) is 0 Å². The van der Waals surface area contributed by atoms with E-state index in [9.17, 15) is 0 Å². The normalized spacial score (nSPS) is 13.4. The zero-order valence-corrected chi connectivity index (χ0v) is 26.7. The van der Waals surface area contributed by atoms with Gasteiger partial charge < -0.3 is 4.42 Å². The lowest BCUT2D eigenvalue weighted by Gasteiger charge is -2.22. The molecule has 2 aromatic heterocycles. The standard InChI is InChI=1S/C45H30N2O/c1-45(2)36-19-5-3-15-31(36)35-25-28-13-10-17-30(34(28)26-37(35)45)27-12-9-14-29(24-27)43-44(47-39-21-7-6-20-38(39)46-43)33-18-11-23-41-42(33)32-16-4-8-22-40(32)48-41/h3-26H,1-2H3. The fourth-order valence-corrected chi connectivity index (χ4v) is 7.92. The lowest BCUT2D eigenvalue weighted by atomic mass is 9.81. The van der Waals surface area contributed by atoms with Crippen LogP contribution in [0.3, 0.4) is 0 Å². The Kier molecular flexibility index (Phi) is 5.63. The quantitative estimate of drug-likeness (QED) is 0.199. The molecule has 0 atom stereocenters. The molecule has 48 heavy (non-hydrogen) atoms. The van der Waals surface area contributed by atoms with Gasteiger partial charge in [0.05, 0.1) is 22.4 Å². The molecule has 3 nitrogen and oxygen atoms in total. The topological polar surface area (TPSA) is 38.9 Å². The highest BCUT2D eigenvalue weighted by atomic mass is 16.3. The average Bonchev–Trinajstić information content (AvgIpc) is 3.62. The lowest BCUT2D eigenvalue weighted by Crippen LogP contribution is -2.14. The van der Waals surface area contributed by atoms with Gasteiger partial charge in [0.15, 0.2) is 0 Å². The first-order valence-corrected chi connectivity index (χ1v) is 16.5. The van der Waals surface area contributed by atoms with Crippen LogP contribution < -0.4 is 0 Å². The summed E-state index contributed by atoms with van der Waals surface area (Å²) >= 11 is 0. The second-order valence-electron chi connectivity index (χ2n) is 13.4. The number of hydrogen-bond acceptors (Lipinski definition) is 3. The Balaban J connectivity index is 1.19.